The Hall–Kier alpha value is -1.36. The number of rotatable bonds is 4. The molecule has 0 aliphatic carbocycles. The predicted molar refractivity (Wildman–Crippen MR) is 88.7 cm³/mol. The van der Waals surface area contributed by atoms with Crippen molar-refractivity contribution >= 4 is 11.8 Å². The number of pyridine rings is 1. The summed E-state index contributed by atoms with van der Waals surface area (Å²) in [6, 6.07) is 15.3. The Morgan fingerprint density at radius 3 is 2.48 bits per heavy atom. The van der Waals surface area contributed by atoms with Gasteiger partial charge in [0.2, 0.25) is 0 Å². The first-order valence-electron chi connectivity index (χ1n) is 7.38. The van der Waals surface area contributed by atoms with Crippen LogP contribution in [0.2, 0.25) is 0 Å². The molecule has 1 fully saturated rings. The van der Waals surface area contributed by atoms with E-state index >= 15 is 0 Å². The minimum Gasteiger partial charge on any atom is -0.314 e. The molecule has 1 aromatic carbocycles. The van der Waals surface area contributed by atoms with Crippen LogP contribution in [0.3, 0.4) is 0 Å². The maximum atomic E-state index is 4.61. The van der Waals surface area contributed by atoms with Crippen molar-refractivity contribution in [1.29, 1.82) is 0 Å². The maximum absolute atomic E-state index is 4.61. The van der Waals surface area contributed by atoms with Crippen LogP contribution in [0, 0.1) is 0 Å². The molecule has 0 bridgehead atoms. The first-order valence-corrected chi connectivity index (χ1v) is 8.60. The molecule has 0 spiro atoms. The fraction of sp³-hybridized carbons (Fsp3) is 0.353. The van der Waals surface area contributed by atoms with Crippen molar-refractivity contribution in [2.75, 3.05) is 32.4 Å². The van der Waals surface area contributed by atoms with Gasteiger partial charge in [0.25, 0.3) is 0 Å². The number of benzene rings is 1. The van der Waals surface area contributed by atoms with Gasteiger partial charge < -0.3 is 5.32 Å². The van der Waals surface area contributed by atoms with Crippen molar-refractivity contribution in [3.63, 3.8) is 0 Å². The van der Waals surface area contributed by atoms with Gasteiger partial charge in [0, 0.05) is 37.3 Å². The van der Waals surface area contributed by atoms with Crippen molar-refractivity contribution in [2.45, 2.75) is 10.9 Å². The Bertz CT molecular complexity index is 550. The summed E-state index contributed by atoms with van der Waals surface area (Å²) in [6.45, 7) is 4.22. The van der Waals surface area contributed by atoms with Crippen LogP contribution in [-0.4, -0.2) is 42.3 Å². The molecule has 1 atom stereocenters. The zero-order valence-electron chi connectivity index (χ0n) is 12.3. The molecule has 0 amide bonds. The molecule has 4 heteroatoms. The average Bonchev–Trinajstić information content (AvgIpc) is 2.58. The van der Waals surface area contributed by atoms with Crippen LogP contribution in [0.15, 0.2) is 53.6 Å². The zero-order valence-corrected chi connectivity index (χ0v) is 13.1. The van der Waals surface area contributed by atoms with Gasteiger partial charge in [-0.05, 0) is 36.1 Å². The SMILES string of the molecule is CSc1ccc(C(c2ccccn2)N2CCNCC2)cc1. The molecule has 3 rings (SSSR count). The Balaban J connectivity index is 1.94. The van der Waals surface area contributed by atoms with E-state index in [0.29, 0.717) is 0 Å². The normalized spacial score (nSPS) is 17.6. The molecule has 1 unspecified atom stereocenters. The lowest BCUT2D eigenvalue weighted by Crippen LogP contribution is -2.45. The van der Waals surface area contributed by atoms with Gasteiger partial charge >= 0.3 is 0 Å². The summed E-state index contributed by atoms with van der Waals surface area (Å²) in [5.74, 6) is 0. The van der Waals surface area contributed by atoms with Crippen LogP contribution in [0.4, 0.5) is 0 Å². The van der Waals surface area contributed by atoms with Crippen LogP contribution in [0.25, 0.3) is 0 Å². The Morgan fingerprint density at radius 2 is 1.86 bits per heavy atom. The highest BCUT2D eigenvalue weighted by atomic mass is 32.2. The first kappa shape index (κ1) is 14.6. The van der Waals surface area contributed by atoms with Gasteiger partial charge in [0.05, 0.1) is 11.7 Å². The van der Waals surface area contributed by atoms with Gasteiger partial charge in [-0.15, -0.1) is 11.8 Å². The average molecular weight is 299 g/mol. The number of hydrogen-bond donors (Lipinski definition) is 1. The fourth-order valence-corrected chi connectivity index (χ4v) is 3.24. The Morgan fingerprint density at radius 1 is 1.10 bits per heavy atom. The molecule has 0 radical (unpaired) electrons. The first-order chi connectivity index (χ1) is 10.4. The van der Waals surface area contributed by atoms with Gasteiger partial charge in [-0.1, -0.05) is 18.2 Å². The number of nitrogens with one attached hydrogen (secondary N) is 1. The molecule has 1 N–H and O–H groups in total. The summed E-state index contributed by atoms with van der Waals surface area (Å²) in [4.78, 5) is 8.43. The van der Waals surface area contributed by atoms with Gasteiger partial charge in [-0.3, -0.25) is 9.88 Å². The van der Waals surface area contributed by atoms with Gasteiger partial charge in [-0.2, -0.15) is 0 Å². The number of piperazine rings is 1. The lowest BCUT2D eigenvalue weighted by molar-refractivity contribution is 0.195. The summed E-state index contributed by atoms with van der Waals surface area (Å²) >= 11 is 1.78. The van der Waals surface area contributed by atoms with E-state index in [4.69, 9.17) is 0 Å². The lowest BCUT2D eigenvalue weighted by Gasteiger charge is -2.35. The molecule has 2 heterocycles. The van der Waals surface area contributed by atoms with E-state index in [1.54, 1.807) is 11.8 Å². The summed E-state index contributed by atoms with van der Waals surface area (Å²) in [7, 11) is 0. The molecule has 1 aliphatic heterocycles. The van der Waals surface area contributed by atoms with Gasteiger partial charge in [0.15, 0.2) is 0 Å². The number of thioether (sulfide) groups is 1. The second-order valence-electron chi connectivity index (χ2n) is 5.22. The summed E-state index contributed by atoms with van der Waals surface area (Å²) in [6.07, 6.45) is 4.00. The van der Waals surface area contributed by atoms with Crippen molar-refractivity contribution in [3.05, 3.63) is 59.9 Å². The smallest absolute Gasteiger partial charge is 0.0777 e. The third kappa shape index (κ3) is 3.46. The van der Waals surface area contributed by atoms with E-state index < -0.39 is 0 Å². The summed E-state index contributed by atoms with van der Waals surface area (Å²) in [5, 5.41) is 3.43. The molecular weight excluding hydrogens is 278 g/mol. The highest BCUT2D eigenvalue weighted by Crippen LogP contribution is 2.28. The minimum atomic E-state index is 0.254. The standard InChI is InChI=1S/C17H21N3S/c1-21-15-7-5-14(6-8-15)17(16-4-2-3-9-19-16)20-12-10-18-11-13-20/h2-9,17-18H,10-13H2,1H3. The topological polar surface area (TPSA) is 28.2 Å². The fourth-order valence-electron chi connectivity index (χ4n) is 2.83. The quantitative estimate of drug-likeness (QED) is 0.879. The van der Waals surface area contributed by atoms with Crippen LogP contribution in [-0.2, 0) is 0 Å². The van der Waals surface area contributed by atoms with E-state index in [2.05, 4.69) is 57.9 Å². The van der Waals surface area contributed by atoms with Gasteiger partial charge in [0.1, 0.15) is 0 Å². The highest BCUT2D eigenvalue weighted by molar-refractivity contribution is 7.98. The van der Waals surface area contributed by atoms with Crippen LogP contribution in [0.1, 0.15) is 17.3 Å². The summed E-state index contributed by atoms with van der Waals surface area (Å²) in [5.41, 5.74) is 2.46. The van der Waals surface area contributed by atoms with E-state index in [0.717, 1.165) is 31.9 Å². The molecular formula is C17H21N3S. The molecule has 0 saturated carbocycles. The second-order valence-corrected chi connectivity index (χ2v) is 6.10. The predicted octanol–water partition coefficient (Wildman–Crippen LogP) is 2.80. The van der Waals surface area contributed by atoms with Crippen LogP contribution < -0.4 is 5.32 Å². The molecule has 2 aromatic rings. The zero-order chi connectivity index (χ0) is 14.5. The number of aromatic nitrogens is 1. The van der Waals surface area contributed by atoms with Crippen molar-refractivity contribution in [3.8, 4) is 0 Å². The maximum Gasteiger partial charge on any atom is 0.0777 e. The molecule has 1 aromatic heterocycles. The Labute approximate surface area is 130 Å². The van der Waals surface area contributed by atoms with E-state index in [1.807, 2.05) is 12.3 Å². The van der Waals surface area contributed by atoms with E-state index in [-0.39, 0.29) is 6.04 Å². The van der Waals surface area contributed by atoms with Crippen molar-refractivity contribution in [1.82, 2.24) is 15.2 Å². The van der Waals surface area contributed by atoms with Crippen molar-refractivity contribution < 1.29 is 0 Å². The second kappa shape index (κ2) is 7.07. The number of nitrogens with zero attached hydrogens (tertiary/aromatic N) is 2. The molecule has 21 heavy (non-hydrogen) atoms. The molecule has 1 aliphatic rings. The largest absolute Gasteiger partial charge is 0.314 e. The van der Waals surface area contributed by atoms with Crippen LogP contribution in [0.5, 0.6) is 0 Å². The third-order valence-electron chi connectivity index (χ3n) is 3.92. The highest BCUT2D eigenvalue weighted by Gasteiger charge is 2.24. The van der Waals surface area contributed by atoms with Crippen molar-refractivity contribution in [2.24, 2.45) is 0 Å². The molecule has 1 saturated heterocycles. The Kier molecular flexibility index (Phi) is 4.91. The lowest BCUT2D eigenvalue weighted by atomic mass is 10.0. The molecule has 3 nitrogen and oxygen atoms in total. The van der Waals surface area contributed by atoms with Crippen LogP contribution >= 0.6 is 11.8 Å². The summed E-state index contributed by atoms with van der Waals surface area (Å²) < 4.78 is 0. The monoisotopic (exact) mass is 299 g/mol. The van der Waals surface area contributed by atoms with Gasteiger partial charge in [-0.25, -0.2) is 0 Å². The van der Waals surface area contributed by atoms with E-state index in [1.165, 1.54) is 10.5 Å². The number of hydrogen-bond acceptors (Lipinski definition) is 4. The molecule has 110 valence electrons. The van der Waals surface area contributed by atoms with E-state index in [9.17, 15) is 0 Å². The minimum absolute atomic E-state index is 0.254. The third-order valence-corrected chi connectivity index (χ3v) is 4.66.